The zero-order valence-electron chi connectivity index (χ0n) is 11.1. The second-order valence-electron chi connectivity index (χ2n) is 5.05. The second-order valence-corrected chi connectivity index (χ2v) is 6.10. The number of fused-ring (bicyclic) bond motifs is 1. The fourth-order valence-electron chi connectivity index (χ4n) is 2.38. The summed E-state index contributed by atoms with van der Waals surface area (Å²) in [5, 5.41) is 12.5. The number of hydrogen-bond acceptors (Lipinski definition) is 3. The van der Waals surface area contributed by atoms with Crippen LogP contribution in [-0.2, 0) is 12.8 Å². The van der Waals surface area contributed by atoms with Crippen LogP contribution in [0, 0.1) is 11.3 Å². The number of nitrogens with one attached hydrogen (secondary N) is 1. The molecule has 0 saturated carbocycles. The molecule has 0 radical (unpaired) electrons. The first-order valence-corrected chi connectivity index (χ1v) is 7.56. The highest BCUT2D eigenvalue weighted by Crippen LogP contribution is 2.29. The van der Waals surface area contributed by atoms with Gasteiger partial charge in [-0.15, -0.1) is 11.8 Å². The van der Waals surface area contributed by atoms with Gasteiger partial charge in [0, 0.05) is 10.6 Å². The quantitative estimate of drug-likeness (QED) is 0.826. The van der Waals surface area contributed by atoms with Gasteiger partial charge in [0.25, 0.3) is 0 Å². The summed E-state index contributed by atoms with van der Waals surface area (Å²) in [6, 6.07) is 9.12. The molecule has 0 aliphatic heterocycles. The highest BCUT2D eigenvalue weighted by molar-refractivity contribution is 7.99. The van der Waals surface area contributed by atoms with E-state index in [9.17, 15) is 5.26 Å². The average Bonchev–Trinajstić information content (AvgIpc) is 2.84. The Morgan fingerprint density at radius 3 is 2.89 bits per heavy atom. The predicted octanol–water partition coefficient (Wildman–Crippen LogP) is 3.16. The van der Waals surface area contributed by atoms with Gasteiger partial charge in [-0.2, -0.15) is 5.26 Å². The summed E-state index contributed by atoms with van der Waals surface area (Å²) < 4.78 is 0. The van der Waals surface area contributed by atoms with Crippen molar-refractivity contribution in [3.63, 3.8) is 0 Å². The molecule has 0 aromatic heterocycles. The summed E-state index contributed by atoms with van der Waals surface area (Å²) >= 11 is 1.77. The van der Waals surface area contributed by atoms with Gasteiger partial charge in [0.1, 0.15) is 5.54 Å². The Morgan fingerprint density at radius 1 is 1.39 bits per heavy atom. The molecule has 0 saturated heterocycles. The first-order chi connectivity index (χ1) is 8.67. The summed E-state index contributed by atoms with van der Waals surface area (Å²) in [5.74, 6) is 0.788. The third-order valence-electron chi connectivity index (χ3n) is 3.41. The number of benzene rings is 1. The van der Waals surface area contributed by atoms with Crippen LogP contribution < -0.4 is 5.32 Å². The highest BCUT2D eigenvalue weighted by Gasteiger charge is 2.22. The molecule has 1 aliphatic rings. The molecule has 96 valence electrons. The van der Waals surface area contributed by atoms with E-state index in [1.165, 1.54) is 35.3 Å². The predicted molar refractivity (Wildman–Crippen MR) is 76.9 cm³/mol. The number of aryl methyl sites for hydroxylation is 2. The summed E-state index contributed by atoms with van der Waals surface area (Å²) in [4.78, 5) is 1.29. The molecule has 1 N–H and O–H groups in total. The number of nitrogens with zero attached hydrogens (tertiary/aromatic N) is 1. The third kappa shape index (κ3) is 3.07. The van der Waals surface area contributed by atoms with E-state index in [1.54, 1.807) is 11.8 Å². The van der Waals surface area contributed by atoms with Crippen molar-refractivity contribution >= 4 is 11.8 Å². The SMILES string of the molecule is CCNC(C)(C#N)CSc1ccc2c(c1)CCC2. The van der Waals surface area contributed by atoms with Gasteiger partial charge in [-0.25, -0.2) is 0 Å². The smallest absolute Gasteiger partial charge is 0.113 e. The Kier molecular flexibility index (Phi) is 4.31. The topological polar surface area (TPSA) is 35.8 Å². The molecule has 2 rings (SSSR count). The van der Waals surface area contributed by atoms with Crippen molar-refractivity contribution < 1.29 is 0 Å². The zero-order valence-corrected chi connectivity index (χ0v) is 11.9. The minimum Gasteiger partial charge on any atom is -0.299 e. The number of rotatable bonds is 5. The van der Waals surface area contributed by atoms with Gasteiger partial charge in [-0.3, -0.25) is 5.32 Å². The Bertz CT molecular complexity index is 464. The van der Waals surface area contributed by atoms with E-state index in [1.807, 2.05) is 13.8 Å². The minimum atomic E-state index is -0.432. The van der Waals surface area contributed by atoms with Gasteiger partial charge >= 0.3 is 0 Å². The van der Waals surface area contributed by atoms with Crippen LogP contribution in [0.2, 0.25) is 0 Å². The van der Waals surface area contributed by atoms with Crippen molar-refractivity contribution in [2.24, 2.45) is 0 Å². The molecular weight excluding hydrogens is 240 g/mol. The standard InChI is InChI=1S/C15H20N2S/c1-3-17-15(2,10-16)11-18-14-8-7-12-5-4-6-13(12)9-14/h7-9,17H,3-6,11H2,1-2H3. The Morgan fingerprint density at radius 2 is 2.17 bits per heavy atom. The van der Waals surface area contributed by atoms with Gasteiger partial charge in [0.05, 0.1) is 6.07 Å². The largest absolute Gasteiger partial charge is 0.299 e. The summed E-state index contributed by atoms with van der Waals surface area (Å²) in [6.45, 7) is 4.83. The molecular formula is C15H20N2S. The first kappa shape index (κ1) is 13.5. The van der Waals surface area contributed by atoms with Crippen LogP contribution in [0.3, 0.4) is 0 Å². The zero-order chi connectivity index (χ0) is 13.0. The maximum Gasteiger partial charge on any atom is 0.113 e. The van der Waals surface area contributed by atoms with Crippen LogP contribution in [-0.4, -0.2) is 17.8 Å². The van der Waals surface area contributed by atoms with E-state index in [0.29, 0.717) is 0 Å². The van der Waals surface area contributed by atoms with Crippen molar-refractivity contribution in [3.8, 4) is 6.07 Å². The van der Waals surface area contributed by atoms with Crippen LogP contribution in [0.25, 0.3) is 0 Å². The lowest BCUT2D eigenvalue weighted by molar-refractivity contribution is 0.511. The van der Waals surface area contributed by atoms with Crippen LogP contribution in [0.4, 0.5) is 0 Å². The summed E-state index contributed by atoms with van der Waals surface area (Å²) in [6.07, 6.45) is 3.73. The van der Waals surface area contributed by atoms with E-state index >= 15 is 0 Å². The summed E-state index contributed by atoms with van der Waals surface area (Å²) in [5.41, 5.74) is 2.58. The van der Waals surface area contributed by atoms with Crippen molar-refractivity contribution in [1.82, 2.24) is 5.32 Å². The molecule has 18 heavy (non-hydrogen) atoms. The molecule has 1 aliphatic carbocycles. The number of hydrogen-bond donors (Lipinski definition) is 1. The lowest BCUT2D eigenvalue weighted by Crippen LogP contribution is -2.43. The van der Waals surface area contributed by atoms with Gasteiger partial charge in [0.2, 0.25) is 0 Å². The van der Waals surface area contributed by atoms with Crippen LogP contribution in [0.1, 0.15) is 31.4 Å². The van der Waals surface area contributed by atoms with E-state index < -0.39 is 5.54 Å². The molecule has 3 heteroatoms. The fourth-order valence-corrected chi connectivity index (χ4v) is 3.39. The number of thioether (sulfide) groups is 1. The second kappa shape index (κ2) is 5.77. The minimum absolute atomic E-state index is 0.432. The van der Waals surface area contributed by atoms with Crippen molar-refractivity contribution in [2.75, 3.05) is 12.3 Å². The molecule has 2 nitrogen and oxygen atoms in total. The van der Waals surface area contributed by atoms with Gasteiger partial charge < -0.3 is 0 Å². The molecule has 0 amide bonds. The normalized spacial score (nSPS) is 16.9. The maximum atomic E-state index is 9.22. The maximum absolute atomic E-state index is 9.22. The highest BCUT2D eigenvalue weighted by atomic mass is 32.2. The molecule has 1 atom stereocenters. The van der Waals surface area contributed by atoms with E-state index in [-0.39, 0.29) is 0 Å². The number of nitriles is 1. The lowest BCUT2D eigenvalue weighted by Gasteiger charge is -2.22. The van der Waals surface area contributed by atoms with Crippen LogP contribution in [0.15, 0.2) is 23.1 Å². The molecule has 0 heterocycles. The monoisotopic (exact) mass is 260 g/mol. The van der Waals surface area contributed by atoms with Crippen LogP contribution >= 0.6 is 11.8 Å². The molecule has 1 unspecified atom stereocenters. The van der Waals surface area contributed by atoms with Crippen molar-refractivity contribution in [3.05, 3.63) is 29.3 Å². The van der Waals surface area contributed by atoms with E-state index in [4.69, 9.17) is 0 Å². The lowest BCUT2D eigenvalue weighted by atomic mass is 10.1. The first-order valence-electron chi connectivity index (χ1n) is 6.58. The Labute approximate surface area is 114 Å². The Hall–Kier alpha value is -0.980. The van der Waals surface area contributed by atoms with Gasteiger partial charge in [-0.05, 0) is 56.0 Å². The molecule has 0 fully saturated rings. The average molecular weight is 260 g/mol. The van der Waals surface area contributed by atoms with E-state index in [0.717, 1.165) is 12.3 Å². The van der Waals surface area contributed by atoms with E-state index in [2.05, 4.69) is 29.6 Å². The molecule has 0 spiro atoms. The van der Waals surface area contributed by atoms with Crippen molar-refractivity contribution in [1.29, 1.82) is 5.26 Å². The Balaban J connectivity index is 2.00. The van der Waals surface area contributed by atoms with Crippen molar-refractivity contribution in [2.45, 2.75) is 43.5 Å². The van der Waals surface area contributed by atoms with Gasteiger partial charge in [-0.1, -0.05) is 13.0 Å². The molecule has 1 aromatic carbocycles. The molecule has 1 aromatic rings. The summed E-state index contributed by atoms with van der Waals surface area (Å²) in [7, 11) is 0. The third-order valence-corrected chi connectivity index (χ3v) is 4.72. The van der Waals surface area contributed by atoms with Crippen LogP contribution in [0.5, 0.6) is 0 Å². The van der Waals surface area contributed by atoms with Gasteiger partial charge in [0.15, 0.2) is 0 Å². The fraction of sp³-hybridized carbons (Fsp3) is 0.533. The molecule has 0 bridgehead atoms.